The molecule has 0 aliphatic carbocycles. The van der Waals surface area contributed by atoms with Gasteiger partial charge in [0, 0.05) is 17.3 Å². The molecular formula is C15H21ClN2O3. The van der Waals surface area contributed by atoms with Crippen molar-refractivity contribution in [2.45, 2.75) is 33.3 Å². The van der Waals surface area contributed by atoms with Crippen molar-refractivity contribution in [1.82, 2.24) is 5.32 Å². The van der Waals surface area contributed by atoms with Gasteiger partial charge in [-0.05, 0) is 37.0 Å². The fourth-order valence-corrected chi connectivity index (χ4v) is 1.83. The summed E-state index contributed by atoms with van der Waals surface area (Å²) in [7, 11) is 0. The van der Waals surface area contributed by atoms with E-state index in [1.807, 2.05) is 20.8 Å². The second-order valence-electron chi connectivity index (χ2n) is 5.27. The summed E-state index contributed by atoms with van der Waals surface area (Å²) >= 11 is 5.85. The monoisotopic (exact) mass is 312 g/mol. The lowest BCUT2D eigenvalue weighted by molar-refractivity contribution is -0.136. The first-order chi connectivity index (χ1) is 9.81. The van der Waals surface area contributed by atoms with E-state index in [0.717, 1.165) is 5.56 Å². The molecule has 0 spiro atoms. The Morgan fingerprint density at radius 1 is 1.29 bits per heavy atom. The Balaban J connectivity index is 2.48. The molecule has 0 heterocycles. The van der Waals surface area contributed by atoms with Crippen LogP contribution in [0.15, 0.2) is 18.2 Å². The maximum absolute atomic E-state index is 11.8. The first-order valence-electron chi connectivity index (χ1n) is 6.84. The van der Waals surface area contributed by atoms with Crippen LogP contribution < -0.4 is 10.6 Å². The highest BCUT2D eigenvalue weighted by atomic mass is 35.5. The molecule has 2 amide bonds. The first kappa shape index (κ1) is 17.5. The molecule has 5 nitrogen and oxygen atoms in total. The maximum atomic E-state index is 11.8. The molecule has 0 fully saturated rings. The van der Waals surface area contributed by atoms with Crippen molar-refractivity contribution in [3.8, 4) is 0 Å². The van der Waals surface area contributed by atoms with Crippen LogP contribution in [0.25, 0.3) is 0 Å². The van der Waals surface area contributed by atoms with E-state index in [1.54, 1.807) is 18.2 Å². The third-order valence-corrected chi connectivity index (χ3v) is 3.38. The van der Waals surface area contributed by atoms with Gasteiger partial charge in [-0.3, -0.25) is 9.59 Å². The average Bonchev–Trinajstić information content (AvgIpc) is 2.42. The SMILES string of the molecule is Cc1ccc(Cl)cc1NC(=O)C(=O)NCCC(O)C(C)C. The molecule has 0 saturated heterocycles. The summed E-state index contributed by atoms with van der Waals surface area (Å²) in [5, 5.41) is 15.1. The molecule has 3 N–H and O–H groups in total. The second kappa shape index (κ2) is 8.00. The van der Waals surface area contributed by atoms with Gasteiger partial charge in [0.1, 0.15) is 0 Å². The molecular weight excluding hydrogens is 292 g/mol. The summed E-state index contributed by atoms with van der Waals surface area (Å²) in [6.45, 7) is 5.84. The lowest BCUT2D eigenvalue weighted by Gasteiger charge is -2.14. The van der Waals surface area contributed by atoms with Gasteiger partial charge in [0.25, 0.3) is 0 Å². The van der Waals surface area contributed by atoms with Gasteiger partial charge in [0.2, 0.25) is 0 Å². The maximum Gasteiger partial charge on any atom is 0.313 e. The van der Waals surface area contributed by atoms with Crippen LogP contribution in [0, 0.1) is 12.8 Å². The van der Waals surface area contributed by atoms with Crippen LogP contribution in [0.5, 0.6) is 0 Å². The van der Waals surface area contributed by atoms with E-state index < -0.39 is 17.9 Å². The van der Waals surface area contributed by atoms with E-state index in [9.17, 15) is 14.7 Å². The molecule has 0 aliphatic rings. The second-order valence-corrected chi connectivity index (χ2v) is 5.71. The quantitative estimate of drug-likeness (QED) is 0.729. The summed E-state index contributed by atoms with van der Waals surface area (Å²) in [5.41, 5.74) is 1.32. The number of amides is 2. The molecule has 6 heteroatoms. The number of benzene rings is 1. The zero-order valence-corrected chi connectivity index (χ0v) is 13.2. The zero-order chi connectivity index (χ0) is 16.0. The molecule has 1 rings (SSSR count). The molecule has 1 unspecified atom stereocenters. The number of aliphatic hydroxyl groups excluding tert-OH is 1. The Bertz CT molecular complexity index is 518. The fourth-order valence-electron chi connectivity index (χ4n) is 1.66. The molecule has 1 aromatic carbocycles. The smallest absolute Gasteiger partial charge is 0.313 e. The van der Waals surface area contributed by atoms with E-state index in [1.165, 1.54) is 0 Å². The first-order valence-corrected chi connectivity index (χ1v) is 7.22. The summed E-state index contributed by atoms with van der Waals surface area (Å²) in [5.74, 6) is -1.37. The number of nitrogens with one attached hydrogen (secondary N) is 2. The van der Waals surface area contributed by atoms with Gasteiger partial charge in [0.05, 0.1) is 6.10 Å². The van der Waals surface area contributed by atoms with Gasteiger partial charge in [0.15, 0.2) is 0 Å². The number of anilines is 1. The van der Waals surface area contributed by atoms with Gasteiger partial charge in [-0.1, -0.05) is 31.5 Å². The van der Waals surface area contributed by atoms with Crippen LogP contribution in [0.3, 0.4) is 0 Å². The summed E-state index contributed by atoms with van der Waals surface area (Å²) in [6, 6.07) is 5.05. The Morgan fingerprint density at radius 3 is 2.57 bits per heavy atom. The van der Waals surface area contributed by atoms with E-state index >= 15 is 0 Å². The van der Waals surface area contributed by atoms with Gasteiger partial charge >= 0.3 is 11.8 Å². The summed E-state index contributed by atoms with van der Waals surface area (Å²) in [6.07, 6.45) is -0.0871. The van der Waals surface area contributed by atoms with Gasteiger partial charge < -0.3 is 15.7 Å². The minimum absolute atomic E-state index is 0.116. The van der Waals surface area contributed by atoms with E-state index in [2.05, 4.69) is 10.6 Å². The molecule has 0 aliphatic heterocycles. The van der Waals surface area contributed by atoms with E-state index in [4.69, 9.17) is 11.6 Å². The Morgan fingerprint density at radius 2 is 1.95 bits per heavy atom. The van der Waals surface area contributed by atoms with Crippen LogP contribution >= 0.6 is 11.6 Å². The minimum atomic E-state index is -0.751. The van der Waals surface area contributed by atoms with Crippen molar-refractivity contribution in [1.29, 1.82) is 0 Å². The van der Waals surface area contributed by atoms with Crippen LogP contribution in [0.2, 0.25) is 5.02 Å². The molecule has 1 aromatic rings. The van der Waals surface area contributed by atoms with Crippen LogP contribution in [0.4, 0.5) is 5.69 Å². The summed E-state index contributed by atoms with van der Waals surface area (Å²) in [4.78, 5) is 23.4. The molecule has 116 valence electrons. The highest BCUT2D eigenvalue weighted by molar-refractivity contribution is 6.40. The van der Waals surface area contributed by atoms with Crippen molar-refractivity contribution in [2.75, 3.05) is 11.9 Å². The minimum Gasteiger partial charge on any atom is -0.393 e. The lowest BCUT2D eigenvalue weighted by Crippen LogP contribution is -2.37. The normalized spacial score (nSPS) is 12.1. The average molecular weight is 313 g/mol. The van der Waals surface area contributed by atoms with E-state index in [-0.39, 0.29) is 12.5 Å². The Hall–Kier alpha value is -1.59. The number of halogens is 1. The fraction of sp³-hybridized carbons (Fsp3) is 0.467. The van der Waals surface area contributed by atoms with Crippen molar-refractivity contribution in [3.63, 3.8) is 0 Å². The van der Waals surface area contributed by atoms with E-state index in [0.29, 0.717) is 17.1 Å². The van der Waals surface area contributed by atoms with Gasteiger partial charge in [-0.15, -0.1) is 0 Å². The predicted molar refractivity (Wildman–Crippen MR) is 83.3 cm³/mol. The standard InChI is InChI=1S/C15H21ClN2O3/c1-9(2)13(19)6-7-17-14(20)15(21)18-12-8-11(16)5-4-10(12)3/h4-5,8-9,13,19H,6-7H2,1-3H3,(H,17,20)(H,18,21). The zero-order valence-electron chi connectivity index (χ0n) is 12.4. The Labute approximate surface area is 129 Å². The van der Waals surface area contributed by atoms with Crippen molar-refractivity contribution >= 4 is 29.1 Å². The van der Waals surface area contributed by atoms with Crippen LogP contribution in [-0.2, 0) is 9.59 Å². The largest absolute Gasteiger partial charge is 0.393 e. The molecule has 1 atom stereocenters. The number of carbonyl (C=O) groups is 2. The van der Waals surface area contributed by atoms with Crippen molar-refractivity contribution in [2.24, 2.45) is 5.92 Å². The molecule has 0 bridgehead atoms. The number of hydrogen-bond donors (Lipinski definition) is 3. The number of carbonyl (C=O) groups excluding carboxylic acids is 2. The lowest BCUT2D eigenvalue weighted by atomic mass is 10.0. The van der Waals surface area contributed by atoms with Gasteiger partial charge in [-0.25, -0.2) is 0 Å². The summed E-state index contributed by atoms with van der Waals surface area (Å²) < 4.78 is 0. The highest BCUT2D eigenvalue weighted by Crippen LogP contribution is 2.19. The van der Waals surface area contributed by atoms with Gasteiger partial charge in [-0.2, -0.15) is 0 Å². The van der Waals surface area contributed by atoms with Crippen molar-refractivity contribution in [3.05, 3.63) is 28.8 Å². The molecule has 0 saturated carbocycles. The molecule has 0 aromatic heterocycles. The third kappa shape index (κ3) is 5.73. The number of aryl methyl sites for hydroxylation is 1. The molecule has 21 heavy (non-hydrogen) atoms. The predicted octanol–water partition coefficient (Wildman–Crippen LogP) is 2.11. The highest BCUT2D eigenvalue weighted by Gasteiger charge is 2.15. The van der Waals surface area contributed by atoms with Crippen LogP contribution in [0.1, 0.15) is 25.8 Å². The number of rotatable bonds is 5. The number of hydrogen-bond acceptors (Lipinski definition) is 3. The molecule has 0 radical (unpaired) electrons. The number of aliphatic hydroxyl groups is 1. The topological polar surface area (TPSA) is 78.4 Å². The van der Waals surface area contributed by atoms with Crippen LogP contribution in [-0.4, -0.2) is 29.6 Å². The third-order valence-electron chi connectivity index (χ3n) is 3.15. The van der Waals surface area contributed by atoms with Crippen molar-refractivity contribution < 1.29 is 14.7 Å². The Kier molecular flexibility index (Phi) is 6.65.